The minimum Gasteiger partial charge on any atom is -0.454 e. The summed E-state index contributed by atoms with van der Waals surface area (Å²) in [5.74, 6) is 0.499. The number of nitrogen functional groups attached to an aromatic ring is 1. The van der Waals surface area contributed by atoms with Crippen molar-refractivity contribution < 1.29 is 19.1 Å². The Kier molecular flexibility index (Phi) is 3.93. The van der Waals surface area contributed by atoms with Gasteiger partial charge >= 0.3 is 0 Å². The summed E-state index contributed by atoms with van der Waals surface area (Å²) in [5.41, 5.74) is 5.73. The summed E-state index contributed by atoms with van der Waals surface area (Å²) < 4.78 is 10.4. The van der Waals surface area contributed by atoms with Crippen molar-refractivity contribution in [1.82, 2.24) is 10.6 Å². The van der Waals surface area contributed by atoms with Crippen LogP contribution in [0.1, 0.15) is 24.2 Å². The van der Waals surface area contributed by atoms with E-state index in [1.54, 1.807) is 33.0 Å². The Morgan fingerprint density at radius 2 is 1.90 bits per heavy atom. The van der Waals surface area contributed by atoms with Crippen molar-refractivity contribution in [3.63, 3.8) is 0 Å². The molecule has 7 heteroatoms. The number of hydrogen-bond acceptors (Lipinski definition) is 5. The van der Waals surface area contributed by atoms with E-state index in [9.17, 15) is 9.59 Å². The topological polar surface area (TPSA) is 103 Å². The molecule has 1 heterocycles. The second kappa shape index (κ2) is 5.51. The summed E-state index contributed by atoms with van der Waals surface area (Å²) in [5, 5.41) is 5.27. The Balaban J connectivity index is 2.09. The van der Waals surface area contributed by atoms with Gasteiger partial charge in [-0.1, -0.05) is 0 Å². The number of rotatable bonds is 4. The molecule has 0 fully saturated rings. The van der Waals surface area contributed by atoms with Crippen LogP contribution in [-0.2, 0) is 4.79 Å². The van der Waals surface area contributed by atoms with Gasteiger partial charge in [0.05, 0.1) is 11.0 Å². The van der Waals surface area contributed by atoms with Crippen LogP contribution < -0.4 is 25.8 Å². The highest BCUT2D eigenvalue weighted by molar-refractivity contribution is 6.00. The number of benzene rings is 1. The molecule has 7 nitrogen and oxygen atoms in total. The minimum atomic E-state index is -0.713. The molecule has 1 aliphatic rings. The molecule has 0 bridgehead atoms. The summed E-state index contributed by atoms with van der Waals surface area (Å²) in [4.78, 5) is 23.9. The van der Waals surface area contributed by atoms with Crippen LogP contribution in [0, 0.1) is 5.41 Å². The number of amides is 2. The fourth-order valence-corrected chi connectivity index (χ4v) is 1.97. The van der Waals surface area contributed by atoms with E-state index < -0.39 is 5.41 Å². The highest BCUT2D eigenvalue weighted by Gasteiger charge is 2.28. The first-order chi connectivity index (χ1) is 9.85. The zero-order valence-electron chi connectivity index (χ0n) is 12.3. The Bertz CT molecular complexity index is 584. The molecule has 21 heavy (non-hydrogen) atoms. The van der Waals surface area contributed by atoms with E-state index in [0.717, 1.165) is 0 Å². The molecule has 1 aliphatic heterocycles. The van der Waals surface area contributed by atoms with E-state index in [4.69, 9.17) is 15.2 Å². The number of carbonyl (C=O) groups excluding carboxylic acids is 2. The van der Waals surface area contributed by atoms with Crippen LogP contribution in [-0.4, -0.2) is 32.2 Å². The second-order valence-corrected chi connectivity index (χ2v) is 5.44. The molecule has 114 valence electrons. The fourth-order valence-electron chi connectivity index (χ4n) is 1.97. The molecule has 2 amide bonds. The molecule has 0 saturated heterocycles. The van der Waals surface area contributed by atoms with Crippen molar-refractivity contribution in [2.24, 2.45) is 5.41 Å². The van der Waals surface area contributed by atoms with Crippen molar-refractivity contribution in [1.29, 1.82) is 0 Å². The molecule has 0 aromatic heterocycles. The third kappa shape index (κ3) is 3.01. The first-order valence-corrected chi connectivity index (χ1v) is 6.54. The first kappa shape index (κ1) is 15.0. The highest BCUT2D eigenvalue weighted by atomic mass is 16.7. The molecule has 0 radical (unpaired) electrons. The average Bonchev–Trinajstić information content (AvgIpc) is 2.90. The largest absolute Gasteiger partial charge is 0.454 e. The van der Waals surface area contributed by atoms with Crippen molar-refractivity contribution in [2.75, 3.05) is 26.1 Å². The lowest BCUT2D eigenvalue weighted by atomic mass is 9.92. The summed E-state index contributed by atoms with van der Waals surface area (Å²) in [7, 11) is 1.56. The summed E-state index contributed by atoms with van der Waals surface area (Å²) in [6, 6.07) is 3.10. The molecular weight excluding hydrogens is 274 g/mol. The van der Waals surface area contributed by atoms with Crippen LogP contribution >= 0.6 is 0 Å². The van der Waals surface area contributed by atoms with E-state index in [2.05, 4.69) is 10.6 Å². The summed E-state index contributed by atoms with van der Waals surface area (Å²) >= 11 is 0. The Labute approximate surface area is 122 Å². The smallest absolute Gasteiger partial charge is 0.253 e. The van der Waals surface area contributed by atoms with Crippen molar-refractivity contribution >= 4 is 17.5 Å². The van der Waals surface area contributed by atoms with Gasteiger partial charge in [-0.2, -0.15) is 0 Å². The number of hydrogen-bond donors (Lipinski definition) is 3. The molecule has 4 N–H and O–H groups in total. The van der Waals surface area contributed by atoms with Crippen LogP contribution in [0.5, 0.6) is 11.5 Å². The molecular formula is C14H19N3O4. The van der Waals surface area contributed by atoms with E-state index in [0.29, 0.717) is 22.7 Å². The summed E-state index contributed by atoms with van der Waals surface area (Å²) in [6.07, 6.45) is 0. The SMILES string of the molecule is CNC(=O)C(C)(C)CNC(=O)c1cc2c(cc1N)OCO2. The maximum Gasteiger partial charge on any atom is 0.253 e. The average molecular weight is 293 g/mol. The van der Waals surface area contributed by atoms with Crippen LogP contribution in [0.25, 0.3) is 0 Å². The van der Waals surface area contributed by atoms with Gasteiger partial charge in [-0.05, 0) is 19.9 Å². The van der Waals surface area contributed by atoms with Gasteiger partial charge in [-0.3, -0.25) is 9.59 Å². The maximum atomic E-state index is 12.2. The van der Waals surface area contributed by atoms with Crippen LogP contribution in [0.3, 0.4) is 0 Å². The normalized spacial score (nSPS) is 12.9. The third-order valence-electron chi connectivity index (χ3n) is 3.32. The fraction of sp³-hybridized carbons (Fsp3) is 0.429. The van der Waals surface area contributed by atoms with Crippen LogP contribution in [0.2, 0.25) is 0 Å². The van der Waals surface area contributed by atoms with Gasteiger partial charge in [0.2, 0.25) is 12.7 Å². The van der Waals surface area contributed by atoms with Gasteiger partial charge in [-0.25, -0.2) is 0 Å². The second-order valence-electron chi connectivity index (χ2n) is 5.44. The predicted molar refractivity (Wildman–Crippen MR) is 77.2 cm³/mol. The van der Waals surface area contributed by atoms with Crippen LogP contribution in [0.15, 0.2) is 12.1 Å². The quantitative estimate of drug-likeness (QED) is 0.701. The van der Waals surface area contributed by atoms with E-state index in [1.807, 2.05) is 0 Å². The van der Waals surface area contributed by atoms with Crippen molar-refractivity contribution in [3.8, 4) is 11.5 Å². The van der Waals surface area contributed by atoms with E-state index in [-0.39, 0.29) is 25.2 Å². The number of carbonyl (C=O) groups is 2. The van der Waals surface area contributed by atoms with E-state index >= 15 is 0 Å². The molecule has 0 spiro atoms. The lowest BCUT2D eigenvalue weighted by Crippen LogP contribution is -2.43. The zero-order chi connectivity index (χ0) is 15.6. The Morgan fingerprint density at radius 3 is 2.52 bits per heavy atom. The van der Waals surface area contributed by atoms with Gasteiger partial charge < -0.3 is 25.8 Å². The molecule has 1 aromatic carbocycles. The molecule has 2 rings (SSSR count). The van der Waals surface area contributed by atoms with Gasteiger partial charge in [0.15, 0.2) is 11.5 Å². The van der Waals surface area contributed by atoms with Gasteiger partial charge in [0.25, 0.3) is 5.91 Å². The minimum absolute atomic E-state index is 0.115. The summed E-state index contributed by atoms with van der Waals surface area (Å²) in [6.45, 7) is 3.80. The van der Waals surface area contributed by atoms with Gasteiger partial charge in [-0.15, -0.1) is 0 Å². The van der Waals surface area contributed by atoms with E-state index in [1.165, 1.54) is 0 Å². The number of fused-ring (bicyclic) bond motifs is 1. The molecule has 0 atom stereocenters. The highest BCUT2D eigenvalue weighted by Crippen LogP contribution is 2.35. The molecule has 0 aliphatic carbocycles. The predicted octanol–water partition coefficient (Wildman–Crippen LogP) is 0.499. The maximum absolute atomic E-state index is 12.2. The first-order valence-electron chi connectivity index (χ1n) is 6.54. The zero-order valence-corrected chi connectivity index (χ0v) is 12.3. The van der Waals surface area contributed by atoms with Crippen molar-refractivity contribution in [3.05, 3.63) is 17.7 Å². The molecule has 1 aromatic rings. The lowest BCUT2D eigenvalue weighted by molar-refractivity contribution is -0.128. The third-order valence-corrected chi connectivity index (χ3v) is 3.32. The number of nitrogens with one attached hydrogen (secondary N) is 2. The molecule has 0 unspecified atom stereocenters. The monoisotopic (exact) mass is 293 g/mol. The molecule has 0 saturated carbocycles. The number of ether oxygens (including phenoxy) is 2. The number of anilines is 1. The number of nitrogens with two attached hydrogens (primary N) is 1. The Hall–Kier alpha value is -2.44. The Morgan fingerprint density at radius 1 is 1.29 bits per heavy atom. The van der Waals surface area contributed by atoms with Gasteiger partial charge in [0, 0.05) is 25.3 Å². The van der Waals surface area contributed by atoms with Crippen LogP contribution in [0.4, 0.5) is 5.69 Å². The van der Waals surface area contributed by atoms with Gasteiger partial charge in [0.1, 0.15) is 0 Å². The van der Waals surface area contributed by atoms with Crippen molar-refractivity contribution in [2.45, 2.75) is 13.8 Å². The standard InChI is InChI=1S/C14H19N3O4/c1-14(2,13(19)16-3)6-17-12(18)8-4-10-11(5-9(8)15)21-7-20-10/h4-5H,6-7,15H2,1-3H3,(H,16,19)(H,17,18). The lowest BCUT2D eigenvalue weighted by Gasteiger charge is -2.23.